The molecular formula is C16H8F18O6. The lowest BCUT2D eigenvalue weighted by molar-refractivity contribution is -0.316. The van der Waals surface area contributed by atoms with Crippen molar-refractivity contribution in [3.05, 3.63) is 12.2 Å². The zero-order valence-electron chi connectivity index (χ0n) is 18.0. The van der Waals surface area contributed by atoms with Crippen LogP contribution >= 0.6 is 0 Å². The Hall–Kier alpha value is -3.11. The monoisotopic (exact) mass is 638 g/mol. The Morgan fingerprint density at radius 3 is 1.07 bits per heavy atom. The quantitative estimate of drug-likeness (QED) is 0.148. The maximum atomic E-state index is 12.6. The van der Waals surface area contributed by atoms with Gasteiger partial charge < -0.3 is 14.2 Å². The van der Waals surface area contributed by atoms with Crippen molar-refractivity contribution in [2.24, 2.45) is 5.92 Å². The van der Waals surface area contributed by atoms with E-state index in [2.05, 4.69) is 20.8 Å². The first-order valence-corrected chi connectivity index (χ1v) is 9.01. The number of carbonyl (C=O) groups is 3. The van der Waals surface area contributed by atoms with Gasteiger partial charge in [-0.1, -0.05) is 6.58 Å². The van der Waals surface area contributed by atoms with Crippen molar-refractivity contribution in [2.45, 2.75) is 61.8 Å². The van der Waals surface area contributed by atoms with E-state index in [1.807, 2.05) is 0 Å². The second kappa shape index (κ2) is 11.8. The van der Waals surface area contributed by atoms with E-state index in [9.17, 15) is 93.4 Å². The minimum atomic E-state index is -6.60. The van der Waals surface area contributed by atoms with Crippen molar-refractivity contribution < 1.29 is 108 Å². The summed E-state index contributed by atoms with van der Waals surface area (Å²) in [5.74, 6) is -13.1. The molecule has 1 atom stereocenters. The van der Waals surface area contributed by atoms with Crippen molar-refractivity contribution in [1.29, 1.82) is 0 Å². The number of halogens is 18. The summed E-state index contributed by atoms with van der Waals surface area (Å²) >= 11 is 0. The van der Waals surface area contributed by atoms with Gasteiger partial charge in [-0.2, -0.15) is 79.0 Å². The first kappa shape index (κ1) is 36.9. The minimum absolute atomic E-state index is 2.23. The summed E-state index contributed by atoms with van der Waals surface area (Å²) in [6.45, 7) is 2.23. The normalized spacial score (nSPS) is 14.8. The lowest BCUT2D eigenvalue weighted by Gasteiger charge is -2.27. The highest BCUT2D eigenvalue weighted by atomic mass is 19.4. The SMILES string of the molecule is C=C(C(=O)OC(C(F)(F)F)C(F)(F)F)C(CC(=O)OC(C(F)(F)F)C(F)(F)F)C(=O)OC(C(F)(F)F)C(F)(F)F. The lowest BCUT2D eigenvalue weighted by Crippen LogP contribution is -2.48. The van der Waals surface area contributed by atoms with Gasteiger partial charge in [-0.05, 0) is 0 Å². The van der Waals surface area contributed by atoms with Crippen LogP contribution in [0.1, 0.15) is 6.42 Å². The fourth-order valence-electron chi connectivity index (χ4n) is 2.18. The van der Waals surface area contributed by atoms with Gasteiger partial charge in [-0.15, -0.1) is 0 Å². The molecule has 0 spiro atoms. The average molecular weight is 638 g/mol. The van der Waals surface area contributed by atoms with Crippen LogP contribution in [0.5, 0.6) is 0 Å². The van der Waals surface area contributed by atoms with Gasteiger partial charge in [0.1, 0.15) is 0 Å². The summed E-state index contributed by atoms with van der Waals surface area (Å²) in [5.41, 5.74) is -2.40. The molecule has 0 aliphatic heterocycles. The smallest absolute Gasteiger partial charge is 0.434 e. The molecule has 0 aliphatic carbocycles. The zero-order chi connectivity index (χ0) is 32.4. The first-order chi connectivity index (χ1) is 17.3. The number of ether oxygens (including phenoxy) is 3. The number of alkyl halides is 18. The van der Waals surface area contributed by atoms with E-state index >= 15 is 0 Å². The largest absolute Gasteiger partial charge is 0.443 e. The molecule has 0 aromatic carbocycles. The van der Waals surface area contributed by atoms with Gasteiger partial charge in [-0.25, -0.2) is 4.79 Å². The van der Waals surface area contributed by atoms with Crippen LogP contribution < -0.4 is 0 Å². The van der Waals surface area contributed by atoms with Gasteiger partial charge in [0.15, 0.2) is 0 Å². The summed E-state index contributed by atoms with van der Waals surface area (Å²) in [5, 5.41) is 0. The first-order valence-electron chi connectivity index (χ1n) is 9.01. The molecule has 1 unspecified atom stereocenters. The highest BCUT2D eigenvalue weighted by Crippen LogP contribution is 2.40. The summed E-state index contributed by atoms with van der Waals surface area (Å²) in [4.78, 5) is 35.2. The van der Waals surface area contributed by atoms with Gasteiger partial charge in [0.05, 0.1) is 12.3 Å². The molecule has 0 saturated heterocycles. The number of rotatable bonds is 8. The molecule has 0 rings (SSSR count). The van der Waals surface area contributed by atoms with E-state index < -0.39 is 91.2 Å². The molecule has 0 bridgehead atoms. The standard InChI is InChI=1S/C16H8F18O6/c1-3(6(36)39-9(13(23,24)25)14(26,27)28)4(7(37)40-10(15(29,30)31)16(32,33)34)2-5(35)38-8(11(17,18)19)12(20,21)22/h4,8-10H,1-2H2. The summed E-state index contributed by atoms with van der Waals surface area (Å²) < 4.78 is 235. The second-order valence-corrected chi connectivity index (χ2v) is 7.00. The maximum Gasteiger partial charge on any atom is 0.434 e. The third-order valence-corrected chi connectivity index (χ3v) is 3.83. The number of carbonyl (C=O) groups excluding carboxylic acids is 3. The predicted molar refractivity (Wildman–Crippen MR) is 83.2 cm³/mol. The lowest BCUT2D eigenvalue weighted by atomic mass is 9.96. The van der Waals surface area contributed by atoms with Gasteiger partial charge in [0.2, 0.25) is 0 Å². The van der Waals surface area contributed by atoms with Crippen LogP contribution in [-0.2, 0) is 28.6 Å². The molecule has 0 aromatic heterocycles. The van der Waals surface area contributed by atoms with Gasteiger partial charge in [0, 0.05) is 5.57 Å². The molecular weight excluding hydrogens is 630 g/mol. The van der Waals surface area contributed by atoms with Gasteiger partial charge >= 0.3 is 55.0 Å². The zero-order valence-corrected chi connectivity index (χ0v) is 18.0. The number of hydrogen-bond acceptors (Lipinski definition) is 6. The Morgan fingerprint density at radius 2 is 0.775 bits per heavy atom. The summed E-state index contributed by atoms with van der Waals surface area (Å²) in [7, 11) is 0. The van der Waals surface area contributed by atoms with Crippen molar-refractivity contribution >= 4 is 17.9 Å². The van der Waals surface area contributed by atoms with E-state index in [0.29, 0.717) is 0 Å². The molecule has 0 aromatic rings. The second-order valence-electron chi connectivity index (χ2n) is 7.00. The number of esters is 3. The molecule has 0 heterocycles. The number of hydrogen-bond donors (Lipinski definition) is 0. The van der Waals surface area contributed by atoms with Crippen molar-refractivity contribution in [3.8, 4) is 0 Å². The van der Waals surface area contributed by atoms with Crippen LogP contribution in [-0.4, -0.2) is 73.3 Å². The molecule has 40 heavy (non-hydrogen) atoms. The third-order valence-electron chi connectivity index (χ3n) is 3.83. The molecule has 0 amide bonds. The van der Waals surface area contributed by atoms with Gasteiger partial charge in [0.25, 0.3) is 18.3 Å². The summed E-state index contributed by atoms with van der Waals surface area (Å²) in [6, 6.07) is 0. The molecule has 0 aliphatic rings. The molecule has 0 fully saturated rings. The molecule has 6 nitrogen and oxygen atoms in total. The van der Waals surface area contributed by atoms with Crippen LogP contribution in [0.25, 0.3) is 0 Å². The Morgan fingerprint density at radius 1 is 0.500 bits per heavy atom. The highest BCUT2D eigenvalue weighted by molar-refractivity contribution is 5.97. The third kappa shape index (κ3) is 10.8. The van der Waals surface area contributed by atoms with Crippen LogP contribution in [0.3, 0.4) is 0 Å². The highest BCUT2D eigenvalue weighted by Gasteiger charge is 2.63. The Balaban J connectivity index is 6.48. The van der Waals surface area contributed by atoms with E-state index in [-0.39, 0.29) is 0 Å². The molecule has 0 radical (unpaired) electrons. The fraction of sp³-hybridized carbons (Fsp3) is 0.688. The van der Waals surface area contributed by atoms with Crippen LogP contribution in [0.2, 0.25) is 0 Å². The molecule has 24 heteroatoms. The van der Waals surface area contributed by atoms with E-state index in [1.54, 1.807) is 0 Å². The maximum absolute atomic E-state index is 12.6. The molecule has 0 saturated carbocycles. The minimum Gasteiger partial charge on any atom is -0.443 e. The van der Waals surface area contributed by atoms with Crippen molar-refractivity contribution in [2.75, 3.05) is 0 Å². The average Bonchev–Trinajstić information content (AvgIpc) is 2.66. The van der Waals surface area contributed by atoms with E-state index in [1.165, 1.54) is 0 Å². The van der Waals surface area contributed by atoms with E-state index in [4.69, 9.17) is 0 Å². The van der Waals surface area contributed by atoms with Crippen LogP contribution in [0.15, 0.2) is 12.2 Å². The van der Waals surface area contributed by atoms with Crippen molar-refractivity contribution in [3.63, 3.8) is 0 Å². The summed E-state index contributed by atoms with van der Waals surface area (Å²) in [6.07, 6.45) is -57.4. The van der Waals surface area contributed by atoms with E-state index in [0.717, 1.165) is 0 Å². The van der Waals surface area contributed by atoms with Crippen LogP contribution in [0, 0.1) is 5.92 Å². The Kier molecular flexibility index (Phi) is 10.9. The molecule has 0 N–H and O–H groups in total. The topological polar surface area (TPSA) is 78.9 Å². The molecule has 234 valence electrons. The Labute approximate surface area is 206 Å². The van der Waals surface area contributed by atoms with Crippen LogP contribution in [0.4, 0.5) is 79.0 Å². The Bertz CT molecular complexity index is 893. The predicted octanol–water partition coefficient (Wildman–Crippen LogP) is 5.66. The fourth-order valence-corrected chi connectivity index (χ4v) is 2.18. The van der Waals surface area contributed by atoms with Gasteiger partial charge in [-0.3, -0.25) is 9.59 Å². The van der Waals surface area contributed by atoms with Crippen molar-refractivity contribution in [1.82, 2.24) is 0 Å².